The molecule has 7 nitrogen and oxygen atoms in total. The van der Waals surface area contributed by atoms with Crippen molar-refractivity contribution in [1.82, 2.24) is 15.5 Å². The Morgan fingerprint density at radius 1 is 1.17 bits per heavy atom. The minimum absolute atomic E-state index is 0.142. The molecule has 4 rings (SSSR count). The third-order valence-electron chi connectivity index (χ3n) is 4.65. The molecule has 2 heterocycles. The lowest BCUT2D eigenvalue weighted by atomic mass is 10.2. The molecule has 3 aromatic rings. The average Bonchev–Trinajstić information content (AvgIpc) is 3.40. The van der Waals surface area contributed by atoms with Crippen molar-refractivity contribution in [2.75, 3.05) is 17.2 Å². The van der Waals surface area contributed by atoms with Gasteiger partial charge in [-0.05, 0) is 36.2 Å². The third kappa shape index (κ3) is 4.83. The van der Waals surface area contributed by atoms with Gasteiger partial charge in [0.1, 0.15) is 0 Å². The van der Waals surface area contributed by atoms with Crippen LogP contribution in [0.25, 0.3) is 11.5 Å². The van der Waals surface area contributed by atoms with Gasteiger partial charge in [0, 0.05) is 25.2 Å². The Balaban J connectivity index is 1.25. The van der Waals surface area contributed by atoms with Crippen molar-refractivity contribution in [3.63, 3.8) is 0 Å². The highest BCUT2D eigenvalue weighted by Crippen LogP contribution is 2.28. The predicted molar refractivity (Wildman–Crippen MR) is 115 cm³/mol. The summed E-state index contributed by atoms with van der Waals surface area (Å²) < 4.78 is 5.58. The fraction of sp³-hybridized carbons (Fsp3) is 0.238. The summed E-state index contributed by atoms with van der Waals surface area (Å²) in [6.45, 7) is 1.17. The molecule has 1 saturated heterocycles. The van der Waals surface area contributed by atoms with Gasteiger partial charge in [0.25, 0.3) is 5.22 Å². The number of nitrogens with one attached hydrogen (secondary N) is 1. The van der Waals surface area contributed by atoms with Crippen LogP contribution < -0.4 is 10.2 Å². The average molecular weight is 443 g/mol. The van der Waals surface area contributed by atoms with Crippen molar-refractivity contribution in [2.45, 2.75) is 24.6 Å². The second-order valence-electron chi connectivity index (χ2n) is 6.73. The molecule has 1 aliphatic rings. The quantitative estimate of drug-likeness (QED) is 0.558. The Hall–Kier alpha value is -2.84. The van der Waals surface area contributed by atoms with E-state index in [2.05, 4.69) is 15.5 Å². The first-order valence-corrected chi connectivity index (χ1v) is 10.8. The zero-order chi connectivity index (χ0) is 20.9. The van der Waals surface area contributed by atoms with Crippen LogP contribution in [-0.2, 0) is 16.1 Å². The van der Waals surface area contributed by atoms with Gasteiger partial charge >= 0.3 is 0 Å². The van der Waals surface area contributed by atoms with E-state index in [0.717, 1.165) is 36.0 Å². The SMILES string of the molecule is O=C(CSc1nnc(-c2ccccc2Cl)o1)NCc1ccc(N2CCCC2=O)cc1. The fourth-order valence-electron chi connectivity index (χ4n) is 3.11. The summed E-state index contributed by atoms with van der Waals surface area (Å²) in [5, 5.41) is 11.6. The summed E-state index contributed by atoms with van der Waals surface area (Å²) in [4.78, 5) is 25.7. The van der Waals surface area contributed by atoms with Gasteiger partial charge in [0.15, 0.2) is 0 Å². The molecule has 0 aliphatic carbocycles. The molecule has 0 spiro atoms. The van der Waals surface area contributed by atoms with Gasteiger partial charge in [-0.15, -0.1) is 10.2 Å². The monoisotopic (exact) mass is 442 g/mol. The molecular formula is C21H19ClN4O3S. The molecule has 1 fully saturated rings. The summed E-state index contributed by atoms with van der Waals surface area (Å²) in [6.07, 6.45) is 1.50. The maximum Gasteiger partial charge on any atom is 0.277 e. The predicted octanol–water partition coefficient (Wildman–Crippen LogP) is 3.93. The van der Waals surface area contributed by atoms with Gasteiger partial charge in [-0.25, -0.2) is 0 Å². The first kappa shape index (κ1) is 20.4. The van der Waals surface area contributed by atoms with Crippen LogP contribution >= 0.6 is 23.4 Å². The molecule has 0 bridgehead atoms. The van der Waals surface area contributed by atoms with Crippen molar-refractivity contribution < 1.29 is 14.0 Å². The maximum atomic E-state index is 12.1. The number of carbonyl (C=O) groups is 2. The maximum absolute atomic E-state index is 12.1. The summed E-state index contributed by atoms with van der Waals surface area (Å²) >= 11 is 7.30. The van der Waals surface area contributed by atoms with E-state index in [9.17, 15) is 9.59 Å². The van der Waals surface area contributed by atoms with Crippen molar-refractivity contribution in [1.29, 1.82) is 0 Å². The standard InChI is InChI=1S/C21H19ClN4O3S/c22-17-5-2-1-4-16(17)20-24-25-21(29-20)30-13-18(27)23-12-14-7-9-15(10-8-14)26-11-3-6-19(26)28/h1-2,4-5,7-10H,3,6,11-13H2,(H,23,27). The van der Waals surface area contributed by atoms with E-state index in [1.807, 2.05) is 36.4 Å². The number of hydrogen-bond acceptors (Lipinski definition) is 6. The molecule has 0 radical (unpaired) electrons. The van der Waals surface area contributed by atoms with E-state index in [1.54, 1.807) is 17.0 Å². The van der Waals surface area contributed by atoms with Crippen LogP contribution in [0, 0.1) is 0 Å². The highest BCUT2D eigenvalue weighted by atomic mass is 35.5. The van der Waals surface area contributed by atoms with Crippen molar-refractivity contribution in [2.24, 2.45) is 0 Å². The summed E-state index contributed by atoms with van der Waals surface area (Å²) in [5.74, 6) is 0.494. The molecule has 1 aliphatic heterocycles. The van der Waals surface area contributed by atoms with E-state index in [4.69, 9.17) is 16.0 Å². The Kier molecular flexibility index (Phi) is 6.35. The third-order valence-corrected chi connectivity index (χ3v) is 5.80. The van der Waals surface area contributed by atoms with Crippen molar-refractivity contribution in [3.8, 4) is 11.5 Å². The zero-order valence-electron chi connectivity index (χ0n) is 16.0. The van der Waals surface area contributed by atoms with Gasteiger partial charge in [0.2, 0.25) is 17.7 Å². The second-order valence-corrected chi connectivity index (χ2v) is 8.07. The highest BCUT2D eigenvalue weighted by molar-refractivity contribution is 7.99. The van der Waals surface area contributed by atoms with Crippen LogP contribution in [0.5, 0.6) is 0 Å². The number of anilines is 1. The Morgan fingerprint density at radius 3 is 2.70 bits per heavy atom. The molecule has 0 atom stereocenters. The Morgan fingerprint density at radius 2 is 1.97 bits per heavy atom. The first-order chi connectivity index (χ1) is 14.6. The number of thioether (sulfide) groups is 1. The number of rotatable bonds is 7. The lowest BCUT2D eigenvalue weighted by molar-refractivity contribution is -0.119. The van der Waals surface area contributed by atoms with Crippen LogP contribution in [0.1, 0.15) is 18.4 Å². The summed E-state index contributed by atoms with van der Waals surface area (Å²) in [5.41, 5.74) is 2.51. The molecule has 0 saturated carbocycles. The molecule has 2 amide bonds. The smallest absolute Gasteiger partial charge is 0.277 e. The molecule has 1 aromatic heterocycles. The topological polar surface area (TPSA) is 88.3 Å². The van der Waals surface area contributed by atoms with Gasteiger partial charge in [0.05, 0.1) is 16.3 Å². The van der Waals surface area contributed by atoms with Crippen molar-refractivity contribution >= 4 is 40.9 Å². The van der Waals surface area contributed by atoms with E-state index in [-0.39, 0.29) is 17.6 Å². The van der Waals surface area contributed by atoms with Gasteiger partial charge in [-0.1, -0.05) is 47.6 Å². The number of amides is 2. The van der Waals surface area contributed by atoms with Crippen LogP contribution in [0.2, 0.25) is 5.02 Å². The molecule has 2 aromatic carbocycles. The molecule has 30 heavy (non-hydrogen) atoms. The number of benzene rings is 2. The largest absolute Gasteiger partial charge is 0.411 e. The minimum Gasteiger partial charge on any atom is -0.411 e. The normalized spacial score (nSPS) is 13.6. The number of hydrogen-bond donors (Lipinski definition) is 1. The first-order valence-electron chi connectivity index (χ1n) is 9.47. The fourth-order valence-corrected chi connectivity index (χ4v) is 3.92. The number of halogens is 1. The van der Waals surface area contributed by atoms with E-state index >= 15 is 0 Å². The molecule has 1 N–H and O–H groups in total. The second kappa shape index (κ2) is 9.32. The lowest BCUT2D eigenvalue weighted by Gasteiger charge is -2.16. The van der Waals surface area contributed by atoms with Crippen molar-refractivity contribution in [3.05, 3.63) is 59.1 Å². The van der Waals surface area contributed by atoms with E-state index in [1.165, 1.54) is 0 Å². The highest BCUT2D eigenvalue weighted by Gasteiger charge is 2.21. The van der Waals surface area contributed by atoms with Crippen LogP contribution in [0.15, 0.2) is 58.2 Å². The minimum atomic E-state index is -0.142. The lowest BCUT2D eigenvalue weighted by Crippen LogP contribution is -2.25. The van der Waals surface area contributed by atoms with E-state index < -0.39 is 0 Å². The molecule has 0 unspecified atom stereocenters. The van der Waals surface area contributed by atoms with Gasteiger partial charge in [-0.3, -0.25) is 9.59 Å². The van der Waals surface area contributed by atoms with Crippen LogP contribution in [-0.4, -0.2) is 34.3 Å². The van der Waals surface area contributed by atoms with E-state index in [0.29, 0.717) is 34.7 Å². The molecular weight excluding hydrogens is 424 g/mol. The number of nitrogens with zero attached hydrogens (tertiary/aromatic N) is 3. The van der Waals surface area contributed by atoms with Crippen LogP contribution in [0.4, 0.5) is 5.69 Å². The zero-order valence-corrected chi connectivity index (χ0v) is 17.6. The molecule has 9 heteroatoms. The van der Waals surface area contributed by atoms with Crippen LogP contribution in [0.3, 0.4) is 0 Å². The van der Waals surface area contributed by atoms with Gasteiger partial charge < -0.3 is 14.6 Å². The summed E-state index contributed by atoms with van der Waals surface area (Å²) in [6, 6.07) is 14.9. The number of carbonyl (C=O) groups excluding carboxylic acids is 2. The molecule has 154 valence electrons. The van der Waals surface area contributed by atoms with Gasteiger partial charge in [-0.2, -0.15) is 0 Å². The number of aromatic nitrogens is 2. The Labute approximate surface area is 182 Å². The summed E-state index contributed by atoms with van der Waals surface area (Å²) in [7, 11) is 0. The Bertz CT molecular complexity index is 1050.